The molecular formula is C30H27BN2O3. The largest absolute Gasteiger partial charge is 0.708 e. The third-order valence-electron chi connectivity index (χ3n) is 6.60. The Balaban J connectivity index is 1.84. The van der Waals surface area contributed by atoms with Gasteiger partial charge in [-0.15, -0.1) is 0 Å². The molecule has 4 aromatic carbocycles. The number of H-pyrrole nitrogens is 1. The van der Waals surface area contributed by atoms with Crippen molar-refractivity contribution in [1.29, 1.82) is 0 Å². The number of hydrogen-bond acceptors (Lipinski definition) is 4. The highest BCUT2D eigenvalue weighted by Crippen LogP contribution is 2.48. The van der Waals surface area contributed by atoms with E-state index in [4.69, 9.17) is 9.64 Å². The van der Waals surface area contributed by atoms with Gasteiger partial charge in [-0.2, -0.15) is 0 Å². The van der Waals surface area contributed by atoms with Gasteiger partial charge in [-0.25, -0.2) is 4.98 Å². The third kappa shape index (κ3) is 4.33. The molecule has 0 saturated carbocycles. The van der Waals surface area contributed by atoms with Crippen LogP contribution in [-0.2, 0) is 5.41 Å². The van der Waals surface area contributed by atoms with Gasteiger partial charge in [-0.3, -0.25) is 0 Å². The standard InChI is InChI=1S/C30H27BN2O3/c1-22(23-14-6-2-7-15-23)28-32-27(29(33-28)36-31(34)35)30(24-16-8-3-9-17-24,25-18-10-4-11-19-25)26-20-12-5-13-21-26/h2-22,34-35H,1H3,(H,32,33). The molecule has 0 aliphatic heterocycles. The monoisotopic (exact) mass is 474 g/mol. The molecule has 1 aromatic heterocycles. The smallest absolute Gasteiger partial charge is 0.498 e. The van der Waals surface area contributed by atoms with Gasteiger partial charge in [0.05, 0.1) is 5.41 Å². The first kappa shape index (κ1) is 23.6. The van der Waals surface area contributed by atoms with E-state index in [1.165, 1.54) is 0 Å². The molecule has 0 aliphatic rings. The van der Waals surface area contributed by atoms with E-state index in [9.17, 15) is 10.0 Å². The van der Waals surface area contributed by atoms with Gasteiger partial charge in [-0.1, -0.05) is 128 Å². The van der Waals surface area contributed by atoms with Crippen molar-refractivity contribution in [2.45, 2.75) is 18.3 Å². The van der Waals surface area contributed by atoms with Crippen LogP contribution in [0.25, 0.3) is 0 Å². The fraction of sp³-hybridized carbons (Fsp3) is 0.100. The molecule has 5 rings (SSSR count). The van der Waals surface area contributed by atoms with Crippen molar-refractivity contribution >= 4 is 7.32 Å². The molecule has 5 aromatic rings. The molecule has 1 heterocycles. The molecule has 1 unspecified atom stereocenters. The molecule has 3 N–H and O–H groups in total. The summed E-state index contributed by atoms with van der Waals surface area (Å²) in [6.45, 7) is 2.06. The quantitative estimate of drug-likeness (QED) is 0.211. The van der Waals surface area contributed by atoms with Gasteiger partial charge in [0, 0.05) is 5.92 Å². The number of benzene rings is 4. The molecular weight excluding hydrogens is 447 g/mol. The predicted molar refractivity (Wildman–Crippen MR) is 142 cm³/mol. The molecule has 0 spiro atoms. The van der Waals surface area contributed by atoms with Crippen molar-refractivity contribution in [2.24, 2.45) is 0 Å². The molecule has 178 valence electrons. The van der Waals surface area contributed by atoms with Crippen molar-refractivity contribution in [3.05, 3.63) is 155 Å². The molecule has 6 heteroatoms. The molecule has 1 atom stereocenters. The number of rotatable bonds is 8. The van der Waals surface area contributed by atoms with Gasteiger partial charge < -0.3 is 19.7 Å². The summed E-state index contributed by atoms with van der Waals surface area (Å²) in [7, 11) is -2.01. The Morgan fingerprint density at radius 1 is 0.694 bits per heavy atom. The Morgan fingerprint density at radius 3 is 1.53 bits per heavy atom. The van der Waals surface area contributed by atoms with Crippen LogP contribution >= 0.6 is 0 Å². The zero-order valence-electron chi connectivity index (χ0n) is 20.0. The average Bonchev–Trinajstić information content (AvgIpc) is 3.34. The van der Waals surface area contributed by atoms with E-state index < -0.39 is 12.7 Å². The zero-order chi connectivity index (χ0) is 25.0. The Labute approximate surface area is 211 Å². The van der Waals surface area contributed by atoms with Crippen molar-refractivity contribution in [1.82, 2.24) is 9.97 Å². The first-order chi connectivity index (χ1) is 17.6. The topological polar surface area (TPSA) is 78.4 Å². The maximum atomic E-state index is 9.86. The van der Waals surface area contributed by atoms with E-state index in [1.807, 2.05) is 84.9 Å². The lowest BCUT2D eigenvalue weighted by Gasteiger charge is -2.35. The van der Waals surface area contributed by atoms with Crippen LogP contribution in [-0.4, -0.2) is 27.3 Å². The van der Waals surface area contributed by atoms with Crippen LogP contribution in [0, 0.1) is 0 Å². The van der Waals surface area contributed by atoms with E-state index in [1.54, 1.807) is 0 Å². The normalized spacial score (nSPS) is 12.2. The van der Waals surface area contributed by atoms with Crippen molar-refractivity contribution < 1.29 is 14.7 Å². The number of aromatic amines is 1. The summed E-state index contributed by atoms with van der Waals surface area (Å²) in [5.74, 6) is 0.788. The first-order valence-electron chi connectivity index (χ1n) is 12.0. The first-order valence-corrected chi connectivity index (χ1v) is 12.0. The fourth-order valence-corrected chi connectivity index (χ4v) is 4.90. The van der Waals surface area contributed by atoms with E-state index in [2.05, 4.69) is 48.3 Å². The summed E-state index contributed by atoms with van der Waals surface area (Å²) in [6.07, 6.45) is 0. The Bertz CT molecular complexity index is 1300. The second kappa shape index (κ2) is 10.2. The van der Waals surface area contributed by atoms with E-state index in [-0.39, 0.29) is 11.8 Å². The summed E-state index contributed by atoms with van der Waals surface area (Å²) in [4.78, 5) is 8.41. The van der Waals surface area contributed by atoms with Crippen molar-refractivity contribution in [2.75, 3.05) is 0 Å². The summed E-state index contributed by atoms with van der Waals surface area (Å²) >= 11 is 0. The molecule has 0 radical (unpaired) electrons. The Kier molecular flexibility index (Phi) is 6.72. The maximum absolute atomic E-state index is 9.86. The van der Waals surface area contributed by atoms with Crippen LogP contribution in [0.15, 0.2) is 121 Å². The fourth-order valence-electron chi connectivity index (χ4n) is 4.90. The Hall–Kier alpha value is -4.13. The van der Waals surface area contributed by atoms with Crippen LogP contribution in [0.2, 0.25) is 0 Å². The van der Waals surface area contributed by atoms with Gasteiger partial charge >= 0.3 is 7.32 Å². The van der Waals surface area contributed by atoms with E-state index >= 15 is 0 Å². The molecule has 0 bridgehead atoms. The minimum absolute atomic E-state index is 0.0850. The van der Waals surface area contributed by atoms with Crippen LogP contribution < -0.4 is 4.65 Å². The second-order valence-electron chi connectivity index (χ2n) is 8.72. The number of aromatic nitrogens is 2. The van der Waals surface area contributed by atoms with Gasteiger partial charge in [0.15, 0.2) is 0 Å². The molecule has 0 aliphatic carbocycles. The predicted octanol–water partition coefficient (Wildman–Crippen LogP) is 5.29. The summed E-state index contributed by atoms with van der Waals surface area (Å²) < 4.78 is 5.58. The molecule has 0 fully saturated rings. The van der Waals surface area contributed by atoms with Crippen molar-refractivity contribution in [3.8, 4) is 5.88 Å². The van der Waals surface area contributed by atoms with Crippen LogP contribution in [0.3, 0.4) is 0 Å². The van der Waals surface area contributed by atoms with E-state index in [0.29, 0.717) is 11.5 Å². The SMILES string of the molecule is CC(c1ccccc1)c1nc(C(c2ccccc2)(c2ccccc2)c2ccccc2)c(OB(O)O)[nH]1. The van der Waals surface area contributed by atoms with Gasteiger partial charge in [0.2, 0.25) is 5.88 Å². The number of hydrogen-bond donors (Lipinski definition) is 3. The molecule has 0 amide bonds. The summed E-state index contributed by atoms with van der Waals surface area (Å²) in [5, 5.41) is 19.7. The van der Waals surface area contributed by atoms with Crippen LogP contribution in [0.5, 0.6) is 5.88 Å². The highest BCUT2D eigenvalue weighted by Gasteiger charge is 2.44. The van der Waals surface area contributed by atoms with Crippen LogP contribution in [0.4, 0.5) is 0 Å². The number of nitrogens with zero attached hydrogens (tertiary/aromatic N) is 1. The molecule has 36 heavy (non-hydrogen) atoms. The average molecular weight is 474 g/mol. The third-order valence-corrected chi connectivity index (χ3v) is 6.60. The number of imidazole rings is 1. The van der Waals surface area contributed by atoms with Crippen LogP contribution in [0.1, 0.15) is 46.6 Å². The van der Waals surface area contributed by atoms with Crippen molar-refractivity contribution in [3.63, 3.8) is 0 Å². The molecule has 5 nitrogen and oxygen atoms in total. The van der Waals surface area contributed by atoms with Gasteiger partial charge in [0.25, 0.3) is 0 Å². The minimum Gasteiger partial charge on any atom is -0.498 e. The zero-order valence-corrected chi connectivity index (χ0v) is 20.0. The lowest BCUT2D eigenvalue weighted by molar-refractivity contribution is 0.281. The van der Waals surface area contributed by atoms with Gasteiger partial charge in [-0.05, 0) is 22.3 Å². The minimum atomic E-state index is -2.01. The second-order valence-corrected chi connectivity index (χ2v) is 8.72. The Morgan fingerprint density at radius 2 is 1.11 bits per heavy atom. The highest BCUT2D eigenvalue weighted by atomic mass is 16.6. The highest BCUT2D eigenvalue weighted by molar-refractivity contribution is 6.33. The summed E-state index contributed by atoms with van der Waals surface area (Å²) in [5.41, 5.74) is 3.68. The van der Waals surface area contributed by atoms with Gasteiger partial charge in [0.1, 0.15) is 11.5 Å². The number of nitrogens with one attached hydrogen (secondary N) is 1. The summed E-state index contributed by atoms with van der Waals surface area (Å²) in [6, 6.07) is 40.4. The molecule has 0 saturated heterocycles. The maximum Gasteiger partial charge on any atom is 0.708 e. The lowest BCUT2D eigenvalue weighted by Crippen LogP contribution is -2.33. The van der Waals surface area contributed by atoms with E-state index in [0.717, 1.165) is 22.3 Å². The lowest BCUT2D eigenvalue weighted by atomic mass is 9.67.